The first-order valence-electron chi connectivity index (χ1n) is 7.42. The number of rotatable bonds is 4. The van der Waals surface area contributed by atoms with E-state index in [-0.39, 0.29) is 12.3 Å². The van der Waals surface area contributed by atoms with E-state index in [1.54, 1.807) is 18.2 Å². The highest BCUT2D eigenvalue weighted by Crippen LogP contribution is 2.31. The van der Waals surface area contributed by atoms with Crippen LogP contribution in [0.1, 0.15) is 16.7 Å². The van der Waals surface area contributed by atoms with Gasteiger partial charge < -0.3 is 10.1 Å². The molecule has 6 nitrogen and oxygen atoms in total. The van der Waals surface area contributed by atoms with Crippen LogP contribution in [0.15, 0.2) is 42.1 Å². The second-order valence-corrected chi connectivity index (χ2v) is 7.74. The van der Waals surface area contributed by atoms with Crippen molar-refractivity contribution in [2.24, 2.45) is 0 Å². The summed E-state index contributed by atoms with van der Waals surface area (Å²) in [5, 5.41) is 13.8. The number of imide groups is 1. The van der Waals surface area contributed by atoms with Gasteiger partial charge in [0.25, 0.3) is 5.91 Å². The number of nitrogens with zero attached hydrogens (tertiary/aromatic N) is 1. The molecule has 1 saturated heterocycles. The van der Waals surface area contributed by atoms with Crippen LogP contribution in [-0.2, 0) is 11.4 Å². The zero-order valence-corrected chi connectivity index (χ0v) is 17.5. The van der Waals surface area contributed by atoms with Crippen molar-refractivity contribution in [2.45, 2.75) is 6.61 Å². The van der Waals surface area contributed by atoms with Gasteiger partial charge in [0.15, 0.2) is 0 Å². The molecule has 2 aromatic carbocycles. The second-order valence-electron chi connectivity index (χ2n) is 5.33. The summed E-state index contributed by atoms with van der Waals surface area (Å²) in [5.41, 5.74) is 2.16. The molecule has 1 aliphatic rings. The van der Waals surface area contributed by atoms with Gasteiger partial charge in [-0.2, -0.15) is 5.26 Å². The Bertz CT molecular complexity index is 980. The van der Waals surface area contributed by atoms with Crippen LogP contribution in [0, 0.1) is 18.5 Å². The van der Waals surface area contributed by atoms with Gasteiger partial charge >= 0.3 is 6.03 Å². The summed E-state index contributed by atoms with van der Waals surface area (Å²) in [5.74, 6) is 0.102. The molecule has 0 atom stereocenters. The highest BCUT2D eigenvalue weighted by molar-refractivity contribution is 14.1. The molecular weight excluding hydrogens is 560 g/mol. The molecule has 130 valence electrons. The Kier molecular flexibility index (Phi) is 5.77. The Morgan fingerprint density at radius 1 is 1.15 bits per heavy atom. The highest BCUT2D eigenvalue weighted by Gasteiger charge is 2.23. The summed E-state index contributed by atoms with van der Waals surface area (Å²) in [4.78, 5) is 23.1. The third-order valence-corrected chi connectivity index (χ3v) is 4.99. The van der Waals surface area contributed by atoms with E-state index in [1.807, 2.05) is 24.3 Å². The first-order chi connectivity index (χ1) is 12.5. The number of nitrogens with one attached hydrogen (secondary N) is 2. The minimum absolute atomic E-state index is 0.162. The van der Waals surface area contributed by atoms with Crippen LogP contribution in [0.3, 0.4) is 0 Å². The summed E-state index contributed by atoms with van der Waals surface area (Å²) in [6, 6.07) is 12.6. The molecule has 0 radical (unpaired) electrons. The number of carbonyl (C=O) groups is 2. The predicted molar refractivity (Wildman–Crippen MR) is 112 cm³/mol. The van der Waals surface area contributed by atoms with Crippen LogP contribution in [0.25, 0.3) is 6.08 Å². The molecule has 0 aromatic heterocycles. The Morgan fingerprint density at radius 2 is 1.92 bits per heavy atom. The molecular formula is C18H11I2N3O3. The van der Waals surface area contributed by atoms with Crippen molar-refractivity contribution < 1.29 is 14.3 Å². The first kappa shape index (κ1) is 18.7. The lowest BCUT2D eigenvalue weighted by Gasteiger charge is -2.13. The summed E-state index contributed by atoms with van der Waals surface area (Å²) in [6.07, 6.45) is 1.58. The van der Waals surface area contributed by atoms with Crippen LogP contribution < -0.4 is 15.4 Å². The van der Waals surface area contributed by atoms with Crippen molar-refractivity contribution in [1.82, 2.24) is 10.6 Å². The summed E-state index contributed by atoms with van der Waals surface area (Å²) < 4.78 is 7.80. The molecule has 3 rings (SSSR count). The normalized spacial score (nSPS) is 14.7. The number of halogens is 2. The average Bonchev–Trinajstić information content (AvgIpc) is 2.91. The number of carbonyl (C=O) groups excluding carboxylic acids is 2. The zero-order valence-electron chi connectivity index (χ0n) is 13.2. The third kappa shape index (κ3) is 4.16. The maximum absolute atomic E-state index is 11.8. The summed E-state index contributed by atoms with van der Waals surface area (Å²) >= 11 is 4.33. The van der Waals surface area contributed by atoms with Crippen molar-refractivity contribution >= 4 is 63.2 Å². The van der Waals surface area contributed by atoms with Crippen molar-refractivity contribution in [3.05, 3.63) is 65.9 Å². The molecule has 1 heterocycles. The van der Waals surface area contributed by atoms with Crippen molar-refractivity contribution in [3.8, 4) is 11.8 Å². The SMILES string of the molecule is N#Cc1ccccc1COc1c(I)cc(I)cc1/C=C1/NC(=O)NC1=O. The van der Waals surface area contributed by atoms with Crippen LogP contribution in [0.4, 0.5) is 4.79 Å². The number of amides is 3. The smallest absolute Gasteiger partial charge is 0.326 e. The van der Waals surface area contributed by atoms with E-state index in [0.717, 1.165) is 12.7 Å². The van der Waals surface area contributed by atoms with Crippen LogP contribution in [0.2, 0.25) is 0 Å². The van der Waals surface area contributed by atoms with Gasteiger partial charge in [-0.3, -0.25) is 10.1 Å². The second kappa shape index (κ2) is 8.05. The highest BCUT2D eigenvalue weighted by atomic mass is 127. The van der Waals surface area contributed by atoms with Gasteiger partial charge in [-0.1, -0.05) is 18.2 Å². The van der Waals surface area contributed by atoms with E-state index in [4.69, 9.17) is 4.74 Å². The Balaban J connectivity index is 1.94. The number of hydrogen-bond acceptors (Lipinski definition) is 4. The minimum atomic E-state index is -0.549. The van der Waals surface area contributed by atoms with Gasteiger partial charge in [0, 0.05) is 14.7 Å². The van der Waals surface area contributed by atoms with Gasteiger partial charge in [0.1, 0.15) is 18.1 Å². The molecule has 0 saturated carbocycles. The van der Waals surface area contributed by atoms with Crippen LogP contribution in [-0.4, -0.2) is 11.9 Å². The third-order valence-electron chi connectivity index (χ3n) is 3.57. The first-order valence-corrected chi connectivity index (χ1v) is 9.57. The quantitative estimate of drug-likeness (QED) is 0.334. The molecule has 0 spiro atoms. The zero-order chi connectivity index (χ0) is 18.7. The number of ether oxygens (including phenoxy) is 1. The Hall–Kier alpha value is -2.13. The maximum Gasteiger partial charge on any atom is 0.326 e. The molecule has 2 N–H and O–H groups in total. The van der Waals surface area contributed by atoms with E-state index in [1.165, 1.54) is 0 Å². The van der Waals surface area contributed by atoms with E-state index >= 15 is 0 Å². The van der Waals surface area contributed by atoms with E-state index in [0.29, 0.717) is 16.9 Å². The lowest BCUT2D eigenvalue weighted by molar-refractivity contribution is -0.115. The fourth-order valence-corrected chi connectivity index (χ4v) is 4.43. The molecule has 1 aliphatic heterocycles. The van der Waals surface area contributed by atoms with E-state index < -0.39 is 11.9 Å². The summed E-state index contributed by atoms with van der Waals surface area (Å²) in [6.45, 7) is 0.217. The van der Waals surface area contributed by atoms with Crippen molar-refractivity contribution in [2.75, 3.05) is 0 Å². The van der Waals surface area contributed by atoms with Gasteiger partial charge in [-0.05, 0) is 69.5 Å². The molecule has 2 aromatic rings. The van der Waals surface area contributed by atoms with E-state index in [2.05, 4.69) is 61.9 Å². The van der Waals surface area contributed by atoms with E-state index in [9.17, 15) is 14.9 Å². The standard InChI is InChI=1S/C18H11I2N3O3/c19-13-5-12(6-15-17(24)23-18(25)22-15)16(14(20)7-13)26-9-11-4-2-1-3-10(11)8-21/h1-7H,9H2,(H2,22,23,24,25)/b15-6+. The topological polar surface area (TPSA) is 91.2 Å². The number of hydrogen-bond donors (Lipinski definition) is 2. The summed E-state index contributed by atoms with van der Waals surface area (Å²) in [7, 11) is 0. The lowest BCUT2D eigenvalue weighted by Crippen LogP contribution is -2.22. The van der Waals surface area contributed by atoms with Gasteiger partial charge in [-0.15, -0.1) is 0 Å². The molecule has 1 fully saturated rings. The molecule has 8 heteroatoms. The fraction of sp³-hybridized carbons (Fsp3) is 0.0556. The van der Waals surface area contributed by atoms with Gasteiger partial charge in [0.2, 0.25) is 0 Å². The van der Waals surface area contributed by atoms with Gasteiger partial charge in [0.05, 0.1) is 15.2 Å². The maximum atomic E-state index is 11.8. The molecule has 26 heavy (non-hydrogen) atoms. The average molecular weight is 571 g/mol. The largest absolute Gasteiger partial charge is 0.487 e. The Morgan fingerprint density at radius 3 is 2.62 bits per heavy atom. The number of nitriles is 1. The number of urea groups is 1. The fourth-order valence-electron chi connectivity index (χ4n) is 2.38. The lowest BCUT2D eigenvalue weighted by atomic mass is 10.1. The monoisotopic (exact) mass is 571 g/mol. The predicted octanol–water partition coefficient (Wildman–Crippen LogP) is 3.53. The molecule has 0 bridgehead atoms. The Labute approximate surface area is 176 Å². The van der Waals surface area contributed by atoms with Crippen molar-refractivity contribution in [3.63, 3.8) is 0 Å². The van der Waals surface area contributed by atoms with Crippen molar-refractivity contribution in [1.29, 1.82) is 5.26 Å². The van der Waals surface area contributed by atoms with Gasteiger partial charge in [-0.25, -0.2) is 4.79 Å². The molecule has 0 aliphatic carbocycles. The minimum Gasteiger partial charge on any atom is -0.487 e. The van der Waals surface area contributed by atoms with Crippen LogP contribution >= 0.6 is 45.2 Å². The van der Waals surface area contributed by atoms with Crippen LogP contribution in [0.5, 0.6) is 5.75 Å². The molecule has 0 unspecified atom stereocenters. The molecule has 3 amide bonds. The number of benzene rings is 2.